The van der Waals surface area contributed by atoms with Gasteiger partial charge < -0.3 is 15.4 Å². The van der Waals surface area contributed by atoms with Gasteiger partial charge in [0.15, 0.2) is 5.96 Å². The van der Waals surface area contributed by atoms with Gasteiger partial charge in [0.25, 0.3) is 0 Å². The third kappa shape index (κ3) is 9.88. The van der Waals surface area contributed by atoms with Gasteiger partial charge in [0.2, 0.25) is 10.0 Å². The molecule has 0 aromatic heterocycles. The molecule has 0 spiro atoms. The highest BCUT2D eigenvalue weighted by Crippen LogP contribution is 2.17. The van der Waals surface area contributed by atoms with Gasteiger partial charge >= 0.3 is 0 Å². The predicted molar refractivity (Wildman–Crippen MR) is 138 cm³/mol. The highest BCUT2D eigenvalue weighted by molar-refractivity contribution is 14.0. The number of aliphatic imine (C=N–C) groups is 1. The summed E-state index contributed by atoms with van der Waals surface area (Å²) in [7, 11) is -1.85. The number of aryl methyl sites for hydroxylation is 1. The van der Waals surface area contributed by atoms with Gasteiger partial charge in [0.1, 0.15) is 11.9 Å². The maximum atomic E-state index is 11.6. The van der Waals surface area contributed by atoms with Gasteiger partial charge in [-0.15, -0.1) is 24.0 Å². The minimum absolute atomic E-state index is 0. The highest BCUT2D eigenvalue weighted by atomic mass is 127. The number of rotatable bonds is 10. The van der Waals surface area contributed by atoms with Gasteiger partial charge in [-0.05, 0) is 50.6 Å². The minimum atomic E-state index is -3.27. The molecule has 2 rings (SSSR count). The fourth-order valence-electron chi connectivity index (χ4n) is 2.73. The molecule has 0 saturated heterocycles. The molecule has 0 amide bonds. The van der Waals surface area contributed by atoms with E-state index in [4.69, 9.17) is 4.74 Å². The lowest BCUT2D eigenvalue weighted by Crippen LogP contribution is -2.41. The Morgan fingerprint density at radius 3 is 2.32 bits per heavy atom. The molecule has 0 aliphatic heterocycles. The Morgan fingerprint density at radius 1 is 1.06 bits per heavy atom. The molecule has 31 heavy (non-hydrogen) atoms. The fraction of sp³-hybridized carbons (Fsp3) is 0.409. The lowest BCUT2D eigenvalue weighted by molar-refractivity contribution is 0.222. The lowest BCUT2D eigenvalue weighted by Gasteiger charge is -2.18. The molecular weight excluding hydrogens is 527 g/mol. The molecule has 9 heteroatoms. The van der Waals surface area contributed by atoms with E-state index < -0.39 is 10.0 Å². The van der Waals surface area contributed by atoms with E-state index in [1.165, 1.54) is 7.05 Å². The number of ether oxygens (including phenoxy) is 1. The first kappa shape index (κ1) is 27.2. The molecule has 0 heterocycles. The normalized spacial score (nSPS) is 12.6. The molecular formula is C22H33IN4O3S. The number of halogens is 1. The van der Waals surface area contributed by atoms with Crippen molar-refractivity contribution in [1.82, 2.24) is 15.4 Å². The number of hydrogen-bond acceptors (Lipinski definition) is 4. The second-order valence-electron chi connectivity index (χ2n) is 7.05. The fourth-order valence-corrected chi connectivity index (χ4v) is 3.51. The van der Waals surface area contributed by atoms with Crippen molar-refractivity contribution in [3.63, 3.8) is 0 Å². The van der Waals surface area contributed by atoms with Crippen LogP contribution >= 0.6 is 24.0 Å². The van der Waals surface area contributed by atoms with Crippen molar-refractivity contribution in [3.8, 4) is 5.75 Å². The first-order chi connectivity index (χ1) is 14.3. The maximum absolute atomic E-state index is 11.6. The number of nitrogens with one attached hydrogen (secondary N) is 3. The molecule has 172 valence electrons. The molecule has 2 aromatic rings. The topological polar surface area (TPSA) is 91.8 Å². The van der Waals surface area contributed by atoms with E-state index in [2.05, 4.69) is 20.3 Å². The Kier molecular flexibility index (Phi) is 11.9. The second kappa shape index (κ2) is 13.5. The van der Waals surface area contributed by atoms with Gasteiger partial charge in [-0.3, -0.25) is 0 Å². The highest BCUT2D eigenvalue weighted by Gasteiger charge is 2.09. The van der Waals surface area contributed by atoms with Crippen LogP contribution in [0.4, 0.5) is 0 Å². The quantitative estimate of drug-likeness (QED) is 0.236. The predicted octanol–water partition coefficient (Wildman–Crippen LogP) is 3.18. The van der Waals surface area contributed by atoms with Crippen molar-refractivity contribution >= 4 is 40.0 Å². The summed E-state index contributed by atoms with van der Waals surface area (Å²) in [6.07, 6.45) is -0.0247. The van der Waals surface area contributed by atoms with Gasteiger partial charge in [0.05, 0.1) is 18.8 Å². The number of nitrogens with zero attached hydrogens (tertiary/aromatic N) is 1. The standard InChI is InChI=1S/C22H32N4O3S.HI/c1-5-24-22(25-14-18(3)29-21-9-7-6-8-17(21)2)26-15-19-10-12-20(13-11-19)16-30(27,28)23-4;/h6-13,18,23H,5,14-16H2,1-4H3,(H2,24,25,26);1H. The number of sulfonamides is 1. The third-order valence-electron chi connectivity index (χ3n) is 4.43. The van der Waals surface area contributed by atoms with Crippen molar-refractivity contribution in [2.45, 2.75) is 39.2 Å². The van der Waals surface area contributed by atoms with E-state index in [9.17, 15) is 8.42 Å². The van der Waals surface area contributed by atoms with Crippen LogP contribution in [-0.2, 0) is 22.3 Å². The van der Waals surface area contributed by atoms with Crippen LogP contribution in [0.3, 0.4) is 0 Å². The summed E-state index contributed by atoms with van der Waals surface area (Å²) in [5.74, 6) is 1.56. The van der Waals surface area contributed by atoms with Crippen LogP contribution in [0.25, 0.3) is 0 Å². The maximum Gasteiger partial charge on any atom is 0.215 e. The molecule has 0 aliphatic rings. The molecule has 0 saturated carbocycles. The number of guanidine groups is 1. The van der Waals surface area contributed by atoms with Crippen molar-refractivity contribution in [2.75, 3.05) is 20.1 Å². The minimum Gasteiger partial charge on any atom is -0.489 e. The molecule has 0 radical (unpaired) electrons. The second-order valence-corrected chi connectivity index (χ2v) is 8.98. The van der Waals surface area contributed by atoms with Crippen LogP contribution in [0.2, 0.25) is 0 Å². The SMILES string of the molecule is CCNC(=NCc1ccc(CS(=O)(=O)NC)cc1)NCC(C)Oc1ccccc1C.I. The average molecular weight is 561 g/mol. The van der Waals surface area contributed by atoms with Crippen LogP contribution in [0.1, 0.15) is 30.5 Å². The molecule has 1 unspecified atom stereocenters. The summed E-state index contributed by atoms with van der Waals surface area (Å²) < 4.78 is 31.6. The van der Waals surface area contributed by atoms with Crippen LogP contribution in [0.5, 0.6) is 5.75 Å². The van der Waals surface area contributed by atoms with Crippen LogP contribution in [-0.4, -0.2) is 40.6 Å². The Balaban J connectivity index is 0.00000480. The van der Waals surface area contributed by atoms with Crippen molar-refractivity contribution in [3.05, 3.63) is 65.2 Å². The number of hydrogen-bond donors (Lipinski definition) is 3. The van der Waals surface area contributed by atoms with E-state index in [1.54, 1.807) is 0 Å². The molecule has 2 aromatic carbocycles. The van der Waals surface area contributed by atoms with Gasteiger partial charge in [-0.1, -0.05) is 42.5 Å². The molecule has 0 fully saturated rings. The Bertz CT molecular complexity index is 934. The Labute approximate surface area is 203 Å². The zero-order chi connectivity index (χ0) is 22.0. The van der Waals surface area contributed by atoms with E-state index in [0.717, 1.165) is 29.0 Å². The van der Waals surface area contributed by atoms with Crippen molar-refractivity contribution in [2.24, 2.45) is 4.99 Å². The van der Waals surface area contributed by atoms with Gasteiger partial charge in [0, 0.05) is 6.54 Å². The number of benzene rings is 2. The monoisotopic (exact) mass is 560 g/mol. The van der Waals surface area contributed by atoms with Crippen LogP contribution in [0, 0.1) is 6.92 Å². The van der Waals surface area contributed by atoms with E-state index in [-0.39, 0.29) is 35.8 Å². The summed E-state index contributed by atoms with van der Waals surface area (Å²) >= 11 is 0. The van der Waals surface area contributed by atoms with Gasteiger partial charge in [-0.25, -0.2) is 18.1 Å². The first-order valence-electron chi connectivity index (χ1n) is 10.1. The summed E-state index contributed by atoms with van der Waals surface area (Å²) in [6.45, 7) is 7.91. The van der Waals surface area contributed by atoms with Crippen molar-refractivity contribution < 1.29 is 13.2 Å². The van der Waals surface area contributed by atoms with Crippen molar-refractivity contribution in [1.29, 1.82) is 0 Å². The zero-order valence-electron chi connectivity index (χ0n) is 18.5. The van der Waals surface area contributed by atoms with E-state index in [0.29, 0.717) is 19.0 Å². The lowest BCUT2D eigenvalue weighted by atomic mass is 10.1. The van der Waals surface area contributed by atoms with E-state index in [1.807, 2.05) is 69.3 Å². The van der Waals surface area contributed by atoms with E-state index >= 15 is 0 Å². The average Bonchev–Trinajstić information content (AvgIpc) is 2.72. The zero-order valence-corrected chi connectivity index (χ0v) is 21.7. The first-order valence-corrected chi connectivity index (χ1v) is 11.7. The van der Waals surface area contributed by atoms with Gasteiger partial charge in [-0.2, -0.15) is 0 Å². The summed E-state index contributed by atoms with van der Waals surface area (Å²) in [6, 6.07) is 15.4. The summed E-state index contributed by atoms with van der Waals surface area (Å²) in [5.41, 5.74) is 2.85. The summed E-state index contributed by atoms with van der Waals surface area (Å²) in [5, 5.41) is 6.54. The van der Waals surface area contributed by atoms with Crippen LogP contribution in [0.15, 0.2) is 53.5 Å². The Morgan fingerprint density at radius 2 is 1.71 bits per heavy atom. The molecule has 1 atom stereocenters. The third-order valence-corrected chi connectivity index (χ3v) is 5.77. The molecule has 0 bridgehead atoms. The molecule has 7 nitrogen and oxygen atoms in total. The number of para-hydroxylation sites is 1. The van der Waals surface area contributed by atoms with Crippen LogP contribution < -0.4 is 20.1 Å². The molecule has 0 aliphatic carbocycles. The largest absolute Gasteiger partial charge is 0.489 e. The smallest absolute Gasteiger partial charge is 0.215 e. The summed E-state index contributed by atoms with van der Waals surface area (Å²) in [4.78, 5) is 4.61. The molecule has 3 N–H and O–H groups in total. The Hall–Kier alpha value is -1.85.